The van der Waals surface area contributed by atoms with Gasteiger partial charge in [0.2, 0.25) is 0 Å². The fraction of sp³-hybridized carbons (Fsp3) is 0.318. The summed E-state index contributed by atoms with van der Waals surface area (Å²) in [5.74, 6) is 3.02. The van der Waals surface area contributed by atoms with E-state index in [0.717, 1.165) is 40.6 Å². The third-order valence-electron chi connectivity index (χ3n) is 4.56. The van der Waals surface area contributed by atoms with Crippen LogP contribution in [0.4, 0.5) is 4.39 Å². The Morgan fingerprint density at radius 2 is 2.03 bits per heavy atom. The smallest absolute Gasteiger partial charge is 0.191 e. The lowest BCUT2D eigenvalue weighted by molar-refractivity contribution is 0.625. The van der Waals surface area contributed by atoms with Crippen LogP contribution >= 0.6 is 11.8 Å². The number of aromatic nitrogens is 3. The molecular weight excluding hydrogens is 399 g/mol. The van der Waals surface area contributed by atoms with Crippen molar-refractivity contribution in [1.82, 2.24) is 25.2 Å². The van der Waals surface area contributed by atoms with Crippen molar-refractivity contribution in [2.75, 3.05) is 12.8 Å². The molecule has 0 aliphatic carbocycles. The van der Waals surface area contributed by atoms with Crippen LogP contribution in [0.15, 0.2) is 53.9 Å². The van der Waals surface area contributed by atoms with Crippen LogP contribution in [-0.4, -0.2) is 33.3 Å². The predicted molar refractivity (Wildman–Crippen MR) is 121 cm³/mol. The number of aliphatic imine (C=N–C) groups is 1. The molecule has 0 atom stereocenters. The van der Waals surface area contributed by atoms with E-state index in [0.29, 0.717) is 19.0 Å². The zero-order valence-corrected chi connectivity index (χ0v) is 18.3. The molecule has 2 heterocycles. The van der Waals surface area contributed by atoms with Gasteiger partial charge in [-0.15, -0.1) is 0 Å². The van der Waals surface area contributed by atoms with Crippen LogP contribution in [-0.2, 0) is 18.8 Å². The topological polar surface area (TPSA) is 67.1 Å². The predicted octanol–water partition coefficient (Wildman–Crippen LogP) is 3.83. The van der Waals surface area contributed by atoms with E-state index in [2.05, 4.69) is 25.6 Å². The van der Waals surface area contributed by atoms with Gasteiger partial charge in [-0.1, -0.05) is 12.1 Å². The first-order valence-electron chi connectivity index (χ1n) is 9.84. The van der Waals surface area contributed by atoms with Gasteiger partial charge in [0.05, 0.1) is 6.54 Å². The van der Waals surface area contributed by atoms with Gasteiger partial charge >= 0.3 is 0 Å². The first kappa shape index (κ1) is 21.8. The molecule has 2 aromatic heterocycles. The maximum atomic E-state index is 13.6. The molecule has 2 N–H and O–H groups in total. The van der Waals surface area contributed by atoms with E-state index in [1.165, 1.54) is 6.07 Å². The Bertz CT molecular complexity index is 984. The molecule has 0 fully saturated rings. The molecule has 158 valence electrons. The van der Waals surface area contributed by atoms with Gasteiger partial charge < -0.3 is 10.6 Å². The van der Waals surface area contributed by atoms with Gasteiger partial charge in [-0.05, 0) is 55.0 Å². The van der Waals surface area contributed by atoms with E-state index < -0.39 is 0 Å². The Kier molecular flexibility index (Phi) is 7.84. The molecule has 3 rings (SSSR count). The molecule has 0 saturated carbocycles. The molecule has 0 unspecified atom stereocenters. The average Bonchev–Trinajstić information content (AvgIpc) is 3.17. The number of halogens is 1. The molecule has 0 aliphatic heterocycles. The second-order valence-electron chi connectivity index (χ2n) is 6.76. The van der Waals surface area contributed by atoms with Crippen LogP contribution in [0.2, 0.25) is 0 Å². The van der Waals surface area contributed by atoms with Crippen molar-refractivity contribution in [2.45, 2.75) is 32.7 Å². The molecule has 30 heavy (non-hydrogen) atoms. The lowest BCUT2D eigenvalue weighted by atomic mass is 10.1. The maximum absolute atomic E-state index is 13.6. The van der Waals surface area contributed by atoms with Crippen molar-refractivity contribution in [1.29, 1.82) is 0 Å². The fourth-order valence-corrected chi connectivity index (χ4v) is 3.60. The van der Waals surface area contributed by atoms with E-state index in [1.807, 2.05) is 55.3 Å². The van der Waals surface area contributed by atoms with E-state index in [-0.39, 0.29) is 5.82 Å². The van der Waals surface area contributed by atoms with Crippen LogP contribution < -0.4 is 10.6 Å². The third kappa shape index (κ3) is 5.82. The SMILES string of the molecule is CCNC(=NCc1ccc(-n2ccnc2C)nc1)NCc1ccc(F)cc1CSC. The highest BCUT2D eigenvalue weighted by Crippen LogP contribution is 2.16. The number of aryl methyl sites for hydroxylation is 1. The third-order valence-corrected chi connectivity index (χ3v) is 5.16. The summed E-state index contributed by atoms with van der Waals surface area (Å²) >= 11 is 1.68. The highest BCUT2D eigenvalue weighted by molar-refractivity contribution is 7.97. The number of rotatable bonds is 8. The van der Waals surface area contributed by atoms with Crippen molar-refractivity contribution < 1.29 is 4.39 Å². The molecule has 0 radical (unpaired) electrons. The van der Waals surface area contributed by atoms with Crippen LogP contribution in [0.25, 0.3) is 5.82 Å². The number of nitrogens with one attached hydrogen (secondary N) is 2. The lowest BCUT2D eigenvalue weighted by Crippen LogP contribution is -2.37. The van der Waals surface area contributed by atoms with Crippen LogP contribution in [0.3, 0.4) is 0 Å². The molecule has 6 nitrogen and oxygen atoms in total. The molecule has 0 spiro atoms. The van der Waals surface area contributed by atoms with Gasteiger partial charge in [-0.2, -0.15) is 11.8 Å². The number of hydrogen-bond donors (Lipinski definition) is 2. The number of guanidine groups is 1. The molecule has 0 bridgehead atoms. The average molecular weight is 427 g/mol. The van der Waals surface area contributed by atoms with Crippen molar-refractivity contribution >= 4 is 17.7 Å². The van der Waals surface area contributed by atoms with E-state index >= 15 is 0 Å². The van der Waals surface area contributed by atoms with Gasteiger partial charge in [-0.3, -0.25) is 4.57 Å². The minimum atomic E-state index is -0.204. The normalized spacial score (nSPS) is 11.5. The molecule has 0 saturated heterocycles. The van der Waals surface area contributed by atoms with E-state index in [1.54, 1.807) is 24.0 Å². The van der Waals surface area contributed by atoms with Gasteiger partial charge in [-0.25, -0.2) is 19.4 Å². The Labute approximate surface area is 181 Å². The molecular formula is C22H27FN6S. The second-order valence-corrected chi connectivity index (χ2v) is 7.63. The van der Waals surface area contributed by atoms with Crippen molar-refractivity contribution in [3.05, 3.63) is 77.3 Å². The Balaban J connectivity index is 1.65. The van der Waals surface area contributed by atoms with Crippen LogP contribution in [0.5, 0.6) is 0 Å². The monoisotopic (exact) mass is 426 g/mol. The number of thioether (sulfide) groups is 1. The minimum absolute atomic E-state index is 0.204. The standard InChI is InChI=1S/C22H27FN6S/c1-4-24-22(28-14-18-6-7-20(23)11-19(18)15-30-3)27-13-17-5-8-21(26-12-17)29-10-9-25-16(29)2/h5-12H,4,13-15H2,1-3H3,(H2,24,27,28). The summed E-state index contributed by atoms with van der Waals surface area (Å²) in [5.41, 5.74) is 3.08. The second kappa shape index (κ2) is 10.8. The van der Waals surface area contributed by atoms with E-state index in [9.17, 15) is 4.39 Å². The summed E-state index contributed by atoms with van der Waals surface area (Å²) in [4.78, 5) is 13.4. The molecule has 0 amide bonds. The van der Waals surface area contributed by atoms with Crippen LogP contribution in [0, 0.1) is 12.7 Å². The van der Waals surface area contributed by atoms with Crippen LogP contribution in [0.1, 0.15) is 29.4 Å². The fourth-order valence-electron chi connectivity index (χ4n) is 3.02. The zero-order chi connectivity index (χ0) is 21.3. The largest absolute Gasteiger partial charge is 0.357 e. The molecule has 0 aliphatic rings. The Morgan fingerprint density at radius 3 is 2.70 bits per heavy atom. The molecule has 8 heteroatoms. The minimum Gasteiger partial charge on any atom is -0.357 e. The highest BCUT2D eigenvalue weighted by Gasteiger charge is 2.06. The van der Waals surface area contributed by atoms with Gasteiger partial charge in [0, 0.05) is 37.4 Å². The van der Waals surface area contributed by atoms with Crippen molar-refractivity contribution in [3.63, 3.8) is 0 Å². The van der Waals surface area contributed by atoms with Gasteiger partial charge in [0.25, 0.3) is 0 Å². The van der Waals surface area contributed by atoms with Crippen molar-refractivity contribution in [3.8, 4) is 5.82 Å². The number of hydrogen-bond acceptors (Lipinski definition) is 4. The number of benzene rings is 1. The molecule has 3 aromatic rings. The number of imidazole rings is 1. The molecule has 1 aromatic carbocycles. The highest BCUT2D eigenvalue weighted by atomic mass is 32.2. The van der Waals surface area contributed by atoms with Gasteiger partial charge in [0.1, 0.15) is 17.5 Å². The number of nitrogens with zero attached hydrogens (tertiary/aromatic N) is 4. The number of pyridine rings is 1. The summed E-state index contributed by atoms with van der Waals surface area (Å²) in [6.07, 6.45) is 7.50. The first-order valence-corrected chi connectivity index (χ1v) is 11.2. The lowest BCUT2D eigenvalue weighted by Gasteiger charge is -2.14. The zero-order valence-electron chi connectivity index (χ0n) is 17.5. The first-order chi connectivity index (χ1) is 14.6. The van der Waals surface area contributed by atoms with Crippen molar-refractivity contribution in [2.24, 2.45) is 4.99 Å². The summed E-state index contributed by atoms with van der Waals surface area (Å²) < 4.78 is 15.5. The quantitative estimate of drug-likeness (QED) is 0.423. The Hall–Kier alpha value is -2.87. The summed E-state index contributed by atoms with van der Waals surface area (Å²) in [5, 5.41) is 6.60. The summed E-state index contributed by atoms with van der Waals surface area (Å²) in [6.45, 7) is 5.81. The van der Waals surface area contributed by atoms with Gasteiger partial charge in [0.15, 0.2) is 5.96 Å². The maximum Gasteiger partial charge on any atom is 0.191 e. The van der Waals surface area contributed by atoms with E-state index in [4.69, 9.17) is 0 Å². The Morgan fingerprint density at radius 1 is 1.17 bits per heavy atom. The summed E-state index contributed by atoms with van der Waals surface area (Å²) in [7, 11) is 0. The summed E-state index contributed by atoms with van der Waals surface area (Å²) in [6, 6.07) is 8.92.